The highest BCUT2D eigenvalue weighted by atomic mass is 16.6. The van der Waals surface area contributed by atoms with Gasteiger partial charge in [-0.1, -0.05) is 12.1 Å². The summed E-state index contributed by atoms with van der Waals surface area (Å²) in [6.07, 6.45) is 2.78. The zero-order chi connectivity index (χ0) is 25.2. The molecule has 10 heteroatoms. The molecule has 0 aliphatic carbocycles. The van der Waals surface area contributed by atoms with Crippen LogP contribution in [0.4, 0.5) is 21.0 Å². The van der Waals surface area contributed by atoms with E-state index in [1.807, 2.05) is 19.1 Å². The lowest BCUT2D eigenvalue weighted by molar-refractivity contribution is 0.100. The number of oxazole rings is 1. The van der Waals surface area contributed by atoms with E-state index in [2.05, 4.69) is 20.9 Å². The topological polar surface area (TPSA) is 139 Å². The number of hydrogen-bond acceptors (Lipinski definition) is 7. The number of carbonyl (C=O) groups is 2. The second-order valence-electron chi connectivity index (χ2n) is 7.76. The van der Waals surface area contributed by atoms with E-state index < -0.39 is 12.1 Å². The third kappa shape index (κ3) is 7.23. The van der Waals surface area contributed by atoms with Crippen molar-refractivity contribution in [3.63, 3.8) is 0 Å². The molecule has 1 aromatic heterocycles. The number of alkyl carbamates (subject to hydrolysis) is 1. The minimum Gasteiger partial charge on any atom is -0.496 e. The maximum atomic E-state index is 12.6. The number of urea groups is 1. The summed E-state index contributed by atoms with van der Waals surface area (Å²) in [6, 6.07) is 13.5. The number of benzene rings is 2. The first kappa shape index (κ1) is 25.1. The summed E-state index contributed by atoms with van der Waals surface area (Å²) in [4.78, 5) is 28.6. The highest BCUT2D eigenvalue weighted by Gasteiger charge is 2.15. The first-order valence-electron chi connectivity index (χ1n) is 11.0. The summed E-state index contributed by atoms with van der Waals surface area (Å²) < 4.78 is 16.0. The number of hydrogen-bond donors (Lipinski definition) is 3. The van der Waals surface area contributed by atoms with Crippen molar-refractivity contribution >= 4 is 23.5 Å². The maximum Gasteiger partial charge on any atom is 0.407 e. The molecule has 2 aromatic carbocycles. The van der Waals surface area contributed by atoms with Gasteiger partial charge in [-0.2, -0.15) is 5.26 Å². The molecule has 1 heterocycles. The predicted octanol–water partition coefficient (Wildman–Crippen LogP) is 5.47. The number of ether oxygens (including phenoxy) is 2. The van der Waals surface area contributed by atoms with Gasteiger partial charge in [0.15, 0.2) is 12.2 Å². The fraction of sp³-hybridized carbons (Fsp3) is 0.280. The van der Waals surface area contributed by atoms with Crippen LogP contribution < -0.4 is 20.7 Å². The highest BCUT2D eigenvalue weighted by molar-refractivity contribution is 6.00. The number of methoxy groups -OCH3 is 1. The standard InChI is InChI=1S/C25H27N5O5/c1-16(6-5-11-26)35-25(32)28-17(2)18-7-4-8-19(12-18)29-24(31)30-20-9-10-21(22(13-20)33-3)23-14-27-15-34-23/h4,7-10,12-17H,5-6H2,1-3H3,(H,28,32)(H2,29,30,31)/t16?,17-/m0/s1. The zero-order valence-corrected chi connectivity index (χ0v) is 19.7. The minimum absolute atomic E-state index is 0.318. The number of aromatic nitrogens is 1. The fourth-order valence-electron chi connectivity index (χ4n) is 3.30. The van der Waals surface area contributed by atoms with Gasteiger partial charge < -0.3 is 29.8 Å². The van der Waals surface area contributed by atoms with Gasteiger partial charge in [-0.05, 0) is 50.1 Å². The summed E-state index contributed by atoms with van der Waals surface area (Å²) >= 11 is 0. The van der Waals surface area contributed by atoms with Crippen molar-refractivity contribution in [3.8, 4) is 23.1 Å². The number of nitrogens with zero attached hydrogens (tertiary/aromatic N) is 2. The number of nitriles is 1. The molecule has 3 rings (SSSR count). The Morgan fingerprint density at radius 1 is 1.14 bits per heavy atom. The molecule has 0 aliphatic heterocycles. The molecule has 10 nitrogen and oxygen atoms in total. The van der Waals surface area contributed by atoms with Crippen molar-refractivity contribution in [2.75, 3.05) is 17.7 Å². The highest BCUT2D eigenvalue weighted by Crippen LogP contribution is 2.32. The lowest BCUT2D eigenvalue weighted by atomic mass is 10.1. The number of rotatable bonds is 9. The van der Waals surface area contributed by atoms with Gasteiger partial charge in [0.25, 0.3) is 0 Å². The molecule has 1 unspecified atom stereocenters. The molecule has 0 spiro atoms. The van der Waals surface area contributed by atoms with E-state index >= 15 is 0 Å². The number of anilines is 2. The lowest BCUT2D eigenvalue weighted by Gasteiger charge is -2.18. The summed E-state index contributed by atoms with van der Waals surface area (Å²) in [5, 5.41) is 16.9. The van der Waals surface area contributed by atoms with E-state index in [9.17, 15) is 9.59 Å². The Hall–Kier alpha value is -4.52. The molecule has 0 bridgehead atoms. The zero-order valence-electron chi connectivity index (χ0n) is 19.7. The van der Waals surface area contributed by atoms with Gasteiger partial charge in [0.05, 0.1) is 31.0 Å². The third-order valence-corrected chi connectivity index (χ3v) is 5.11. The minimum atomic E-state index is -0.568. The molecule has 0 saturated heterocycles. The molecule has 0 aliphatic rings. The molecule has 0 radical (unpaired) electrons. The van der Waals surface area contributed by atoms with Crippen molar-refractivity contribution in [1.29, 1.82) is 5.26 Å². The third-order valence-electron chi connectivity index (χ3n) is 5.11. The van der Waals surface area contributed by atoms with Gasteiger partial charge in [0, 0.05) is 23.9 Å². The van der Waals surface area contributed by atoms with Gasteiger partial charge >= 0.3 is 12.1 Å². The van der Waals surface area contributed by atoms with E-state index in [4.69, 9.17) is 19.2 Å². The van der Waals surface area contributed by atoms with Crippen molar-refractivity contribution < 1.29 is 23.5 Å². The molecule has 0 fully saturated rings. The maximum absolute atomic E-state index is 12.6. The second-order valence-corrected chi connectivity index (χ2v) is 7.76. The molecule has 2 atom stereocenters. The van der Waals surface area contributed by atoms with Crippen molar-refractivity contribution in [2.45, 2.75) is 38.8 Å². The SMILES string of the molecule is COc1cc(NC(=O)Nc2cccc([C@H](C)NC(=O)OC(C)CCC#N)c2)ccc1-c1cnco1. The van der Waals surface area contributed by atoms with Crippen LogP contribution in [0.3, 0.4) is 0 Å². The van der Waals surface area contributed by atoms with Crippen LogP contribution in [0.25, 0.3) is 11.3 Å². The molecular formula is C25H27N5O5. The molecular weight excluding hydrogens is 450 g/mol. The van der Waals surface area contributed by atoms with Crippen molar-refractivity contribution in [3.05, 3.63) is 60.6 Å². The Kier molecular flexibility index (Phi) is 8.67. The predicted molar refractivity (Wildman–Crippen MR) is 130 cm³/mol. The van der Waals surface area contributed by atoms with Gasteiger partial charge in [0.2, 0.25) is 0 Å². The average molecular weight is 478 g/mol. The van der Waals surface area contributed by atoms with E-state index in [-0.39, 0.29) is 12.1 Å². The van der Waals surface area contributed by atoms with Crippen LogP contribution in [-0.2, 0) is 4.74 Å². The molecule has 3 amide bonds. The summed E-state index contributed by atoms with van der Waals surface area (Å²) in [6.45, 7) is 3.55. The molecule has 0 saturated carbocycles. The van der Waals surface area contributed by atoms with Gasteiger partial charge in [-0.25, -0.2) is 14.6 Å². The van der Waals surface area contributed by atoms with Crippen LogP contribution in [0.5, 0.6) is 5.75 Å². The quantitative estimate of drug-likeness (QED) is 0.371. The Bertz CT molecular complexity index is 1190. The number of amides is 3. The summed E-state index contributed by atoms with van der Waals surface area (Å²) in [5.74, 6) is 1.08. The average Bonchev–Trinajstić information content (AvgIpc) is 3.37. The molecule has 3 aromatic rings. The molecule has 35 heavy (non-hydrogen) atoms. The van der Waals surface area contributed by atoms with Crippen LogP contribution in [0.15, 0.2) is 59.5 Å². The van der Waals surface area contributed by atoms with E-state index in [0.717, 1.165) is 5.56 Å². The second kappa shape index (κ2) is 12.1. The Morgan fingerprint density at radius 3 is 2.60 bits per heavy atom. The first-order valence-corrected chi connectivity index (χ1v) is 11.0. The largest absolute Gasteiger partial charge is 0.496 e. The fourth-order valence-corrected chi connectivity index (χ4v) is 3.30. The lowest BCUT2D eigenvalue weighted by Crippen LogP contribution is -2.30. The normalized spacial score (nSPS) is 12.1. The van der Waals surface area contributed by atoms with Gasteiger partial charge in [0.1, 0.15) is 11.9 Å². The van der Waals surface area contributed by atoms with Gasteiger partial charge in [-0.15, -0.1) is 0 Å². The molecule has 182 valence electrons. The van der Waals surface area contributed by atoms with Crippen LogP contribution in [0.1, 0.15) is 38.3 Å². The Balaban J connectivity index is 1.58. The first-order chi connectivity index (χ1) is 16.9. The van der Waals surface area contributed by atoms with Crippen molar-refractivity contribution in [2.24, 2.45) is 0 Å². The van der Waals surface area contributed by atoms with Crippen LogP contribution in [0, 0.1) is 11.3 Å². The Morgan fingerprint density at radius 2 is 1.91 bits per heavy atom. The number of nitrogens with one attached hydrogen (secondary N) is 3. The van der Waals surface area contributed by atoms with Gasteiger partial charge in [-0.3, -0.25) is 0 Å². The van der Waals surface area contributed by atoms with Crippen molar-refractivity contribution in [1.82, 2.24) is 10.3 Å². The van der Waals surface area contributed by atoms with Crippen LogP contribution in [0.2, 0.25) is 0 Å². The van der Waals surface area contributed by atoms with E-state index in [1.165, 1.54) is 13.5 Å². The summed E-state index contributed by atoms with van der Waals surface area (Å²) in [7, 11) is 1.53. The van der Waals surface area contributed by atoms with E-state index in [1.54, 1.807) is 49.5 Å². The van der Waals surface area contributed by atoms with Crippen LogP contribution in [-0.4, -0.2) is 30.3 Å². The Labute approximate surface area is 203 Å². The summed E-state index contributed by atoms with van der Waals surface area (Å²) in [5.41, 5.74) is 2.57. The van der Waals surface area contributed by atoms with Crippen LogP contribution >= 0.6 is 0 Å². The molecule has 3 N–H and O–H groups in total. The monoisotopic (exact) mass is 477 g/mol. The number of carbonyl (C=O) groups excluding carboxylic acids is 2. The van der Waals surface area contributed by atoms with E-state index in [0.29, 0.717) is 41.3 Å². The smallest absolute Gasteiger partial charge is 0.407 e.